The Bertz CT molecular complexity index is 822. The topological polar surface area (TPSA) is 71.4 Å². The van der Waals surface area contributed by atoms with Crippen LogP contribution >= 0.6 is 0 Å². The Balaban J connectivity index is 2.14. The zero-order chi connectivity index (χ0) is 18.6. The van der Waals surface area contributed by atoms with E-state index >= 15 is 0 Å². The molecule has 0 aliphatic heterocycles. The van der Waals surface area contributed by atoms with Gasteiger partial charge in [0.25, 0.3) is 5.91 Å². The van der Waals surface area contributed by atoms with Crippen LogP contribution in [0.1, 0.15) is 42.9 Å². The van der Waals surface area contributed by atoms with Crippen molar-refractivity contribution < 1.29 is 13.2 Å². The predicted molar refractivity (Wildman–Crippen MR) is 97.8 cm³/mol. The molecule has 6 nitrogen and oxygen atoms in total. The molecule has 0 saturated heterocycles. The standard InChI is InChI=1S/C18H25N3O3S/c1-5-21(6-2)25(23,24)16-11-9-15(10-12-16)14(3)19-18(22)17-8-7-13-20(17)4/h7-14H,5-6H2,1-4H3,(H,19,22). The Hall–Kier alpha value is -2.12. The van der Waals surface area contributed by atoms with Gasteiger partial charge in [-0.2, -0.15) is 4.31 Å². The maximum Gasteiger partial charge on any atom is 0.268 e. The second-order valence-electron chi connectivity index (χ2n) is 5.86. The highest BCUT2D eigenvalue weighted by atomic mass is 32.2. The molecule has 2 aromatic rings. The van der Waals surface area contributed by atoms with E-state index in [9.17, 15) is 13.2 Å². The Labute approximate surface area is 149 Å². The number of hydrogen-bond donors (Lipinski definition) is 1. The molecular weight excluding hydrogens is 338 g/mol. The molecule has 1 amide bonds. The molecule has 136 valence electrons. The Morgan fingerprint density at radius 1 is 1.16 bits per heavy atom. The van der Waals surface area contributed by atoms with Gasteiger partial charge in [0, 0.05) is 26.3 Å². The smallest absolute Gasteiger partial charge is 0.268 e. The van der Waals surface area contributed by atoms with Gasteiger partial charge in [0.2, 0.25) is 10.0 Å². The van der Waals surface area contributed by atoms with Crippen LogP contribution < -0.4 is 5.32 Å². The number of carbonyl (C=O) groups excluding carboxylic acids is 1. The number of rotatable bonds is 7. The molecule has 0 saturated carbocycles. The summed E-state index contributed by atoms with van der Waals surface area (Å²) in [6.07, 6.45) is 1.81. The number of sulfonamides is 1. The summed E-state index contributed by atoms with van der Waals surface area (Å²) < 4.78 is 28.2. The summed E-state index contributed by atoms with van der Waals surface area (Å²) in [5.41, 5.74) is 1.42. The highest BCUT2D eigenvalue weighted by molar-refractivity contribution is 7.89. The fourth-order valence-corrected chi connectivity index (χ4v) is 4.15. The molecule has 25 heavy (non-hydrogen) atoms. The van der Waals surface area contributed by atoms with Gasteiger partial charge in [0.1, 0.15) is 5.69 Å². The third-order valence-corrected chi connectivity index (χ3v) is 6.31. The van der Waals surface area contributed by atoms with Crippen LogP contribution in [0, 0.1) is 0 Å². The summed E-state index contributed by atoms with van der Waals surface area (Å²) in [5.74, 6) is -0.167. The summed E-state index contributed by atoms with van der Waals surface area (Å²) in [6, 6.07) is 10.0. The van der Waals surface area contributed by atoms with Crippen molar-refractivity contribution in [2.45, 2.75) is 31.7 Å². The zero-order valence-corrected chi connectivity index (χ0v) is 15.9. The van der Waals surface area contributed by atoms with Gasteiger partial charge in [-0.3, -0.25) is 4.79 Å². The summed E-state index contributed by atoms with van der Waals surface area (Å²) >= 11 is 0. The van der Waals surface area contributed by atoms with Gasteiger partial charge < -0.3 is 9.88 Å². The molecule has 1 atom stereocenters. The first-order valence-electron chi connectivity index (χ1n) is 8.33. The van der Waals surface area contributed by atoms with Gasteiger partial charge in [0.05, 0.1) is 10.9 Å². The van der Waals surface area contributed by atoms with Crippen molar-refractivity contribution in [3.05, 3.63) is 53.9 Å². The summed E-state index contributed by atoms with van der Waals surface area (Å²) in [4.78, 5) is 12.5. The van der Waals surface area contributed by atoms with Crippen LogP contribution in [0.3, 0.4) is 0 Å². The minimum atomic E-state index is -3.47. The van der Waals surface area contributed by atoms with Gasteiger partial charge >= 0.3 is 0 Å². The lowest BCUT2D eigenvalue weighted by Gasteiger charge is -2.19. The molecule has 0 fully saturated rings. The number of aromatic nitrogens is 1. The van der Waals surface area contributed by atoms with Gasteiger partial charge in [-0.25, -0.2) is 8.42 Å². The molecule has 2 rings (SSSR count). The van der Waals surface area contributed by atoms with E-state index in [1.165, 1.54) is 4.31 Å². The molecule has 0 radical (unpaired) electrons. The van der Waals surface area contributed by atoms with Gasteiger partial charge in [0.15, 0.2) is 0 Å². The lowest BCUT2D eigenvalue weighted by Crippen LogP contribution is -2.30. The highest BCUT2D eigenvalue weighted by Gasteiger charge is 2.22. The quantitative estimate of drug-likeness (QED) is 0.822. The SMILES string of the molecule is CCN(CC)S(=O)(=O)c1ccc(C(C)NC(=O)c2cccn2C)cc1. The molecule has 1 unspecified atom stereocenters. The van der Waals surface area contributed by atoms with Crippen LogP contribution in [-0.4, -0.2) is 36.3 Å². The number of nitrogens with one attached hydrogen (secondary N) is 1. The maximum absolute atomic E-state index is 12.5. The van der Waals surface area contributed by atoms with E-state index < -0.39 is 10.0 Å². The lowest BCUT2D eigenvalue weighted by molar-refractivity contribution is 0.0931. The Kier molecular flexibility index (Phi) is 6.02. The van der Waals surface area contributed by atoms with Crippen LogP contribution in [0.15, 0.2) is 47.5 Å². The first kappa shape index (κ1) is 19.2. The van der Waals surface area contributed by atoms with E-state index in [2.05, 4.69) is 5.32 Å². The molecule has 7 heteroatoms. The third kappa shape index (κ3) is 4.11. The molecule has 1 aromatic heterocycles. The molecule has 0 aliphatic carbocycles. The van der Waals surface area contributed by atoms with E-state index in [0.29, 0.717) is 18.8 Å². The van der Waals surface area contributed by atoms with Crippen LogP contribution in [0.25, 0.3) is 0 Å². The van der Waals surface area contributed by atoms with Gasteiger partial charge in [-0.05, 0) is 36.8 Å². The molecule has 1 N–H and O–H groups in total. The highest BCUT2D eigenvalue weighted by Crippen LogP contribution is 2.19. The molecule has 1 aromatic carbocycles. The van der Waals surface area contributed by atoms with Crippen LogP contribution in [0.2, 0.25) is 0 Å². The zero-order valence-electron chi connectivity index (χ0n) is 15.1. The predicted octanol–water partition coefficient (Wildman–Crippen LogP) is 2.55. The second-order valence-corrected chi connectivity index (χ2v) is 7.80. The largest absolute Gasteiger partial charge is 0.347 e. The summed E-state index contributed by atoms with van der Waals surface area (Å²) in [6.45, 7) is 6.37. The number of carbonyl (C=O) groups is 1. The fraction of sp³-hybridized carbons (Fsp3) is 0.389. The minimum absolute atomic E-state index is 0.167. The minimum Gasteiger partial charge on any atom is -0.347 e. The van der Waals surface area contributed by atoms with E-state index in [-0.39, 0.29) is 16.8 Å². The summed E-state index contributed by atoms with van der Waals surface area (Å²) in [5, 5.41) is 2.92. The van der Waals surface area contributed by atoms with Gasteiger partial charge in [-0.1, -0.05) is 26.0 Å². The number of aryl methyl sites for hydroxylation is 1. The van der Waals surface area contributed by atoms with Gasteiger partial charge in [-0.15, -0.1) is 0 Å². The van der Waals surface area contributed by atoms with E-state index in [1.54, 1.807) is 34.9 Å². The first-order chi connectivity index (χ1) is 11.8. The molecule has 0 aliphatic rings. The number of benzene rings is 1. The Morgan fingerprint density at radius 3 is 2.24 bits per heavy atom. The van der Waals surface area contributed by atoms with E-state index in [0.717, 1.165) is 5.56 Å². The van der Waals surface area contributed by atoms with Crippen molar-refractivity contribution in [2.75, 3.05) is 13.1 Å². The number of hydrogen-bond acceptors (Lipinski definition) is 3. The van der Waals surface area contributed by atoms with Crippen molar-refractivity contribution in [1.82, 2.24) is 14.2 Å². The van der Waals surface area contributed by atoms with Crippen LogP contribution in [0.4, 0.5) is 0 Å². The van der Waals surface area contributed by atoms with E-state index in [4.69, 9.17) is 0 Å². The van der Waals surface area contributed by atoms with Crippen molar-refractivity contribution in [1.29, 1.82) is 0 Å². The molecular formula is C18H25N3O3S. The average Bonchev–Trinajstić information content (AvgIpc) is 3.02. The van der Waals surface area contributed by atoms with Crippen LogP contribution in [-0.2, 0) is 17.1 Å². The fourth-order valence-electron chi connectivity index (χ4n) is 2.69. The lowest BCUT2D eigenvalue weighted by atomic mass is 10.1. The van der Waals surface area contributed by atoms with E-state index in [1.807, 2.05) is 40.1 Å². The number of amides is 1. The van der Waals surface area contributed by atoms with Crippen LogP contribution in [0.5, 0.6) is 0 Å². The normalized spacial score (nSPS) is 13.0. The molecule has 0 spiro atoms. The second kappa shape index (κ2) is 7.84. The van der Waals surface area contributed by atoms with Crippen molar-refractivity contribution in [2.24, 2.45) is 7.05 Å². The maximum atomic E-state index is 12.5. The third-order valence-electron chi connectivity index (χ3n) is 4.25. The van der Waals surface area contributed by atoms with Crippen molar-refractivity contribution >= 4 is 15.9 Å². The molecule has 1 heterocycles. The summed E-state index contributed by atoms with van der Waals surface area (Å²) in [7, 11) is -1.65. The van der Waals surface area contributed by atoms with Crippen molar-refractivity contribution in [3.8, 4) is 0 Å². The van der Waals surface area contributed by atoms with Crippen molar-refractivity contribution in [3.63, 3.8) is 0 Å². The number of nitrogens with zero attached hydrogens (tertiary/aromatic N) is 2. The molecule has 0 bridgehead atoms. The average molecular weight is 363 g/mol. The Morgan fingerprint density at radius 2 is 1.76 bits per heavy atom. The first-order valence-corrected chi connectivity index (χ1v) is 9.77. The monoisotopic (exact) mass is 363 g/mol.